The number of methoxy groups -OCH3 is 1. The lowest BCUT2D eigenvalue weighted by molar-refractivity contribution is -0.123. The summed E-state index contributed by atoms with van der Waals surface area (Å²) in [6.45, 7) is 1.50. The lowest BCUT2D eigenvalue weighted by Crippen LogP contribution is -2.30. The predicted molar refractivity (Wildman–Crippen MR) is 85.8 cm³/mol. The van der Waals surface area contributed by atoms with Crippen molar-refractivity contribution in [1.82, 2.24) is 0 Å². The first kappa shape index (κ1) is 16.3. The van der Waals surface area contributed by atoms with Crippen molar-refractivity contribution in [1.29, 1.82) is 0 Å². The van der Waals surface area contributed by atoms with Gasteiger partial charge in [0.05, 0.1) is 18.4 Å². The topological polar surface area (TPSA) is 64.6 Å². The van der Waals surface area contributed by atoms with Crippen molar-refractivity contribution in [2.24, 2.45) is 0 Å². The third-order valence-corrected chi connectivity index (χ3v) is 3.75. The zero-order chi connectivity index (χ0) is 16.1. The molecule has 1 amide bonds. The van der Waals surface area contributed by atoms with Gasteiger partial charge >= 0.3 is 5.97 Å². The number of thiophene rings is 1. The Morgan fingerprint density at radius 3 is 2.73 bits per heavy atom. The summed E-state index contributed by atoms with van der Waals surface area (Å²) in [7, 11) is 1.49. The molecule has 1 heterocycles. The van der Waals surface area contributed by atoms with E-state index in [2.05, 4.69) is 5.32 Å². The first-order valence-corrected chi connectivity index (χ1v) is 7.71. The summed E-state index contributed by atoms with van der Waals surface area (Å²) >= 11 is 7.28. The van der Waals surface area contributed by atoms with Crippen LogP contribution in [0.4, 0.5) is 5.69 Å². The SMILES string of the molecule is COc1ccc(Cl)cc1NC(=O)C(C)OC(=O)c1ccsc1. The maximum Gasteiger partial charge on any atom is 0.339 e. The molecule has 1 N–H and O–H groups in total. The molecule has 116 valence electrons. The molecule has 7 heteroatoms. The van der Waals surface area contributed by atoms with Gasteiger partial charge in [0.25, 0.3) is 5.91 Å². The number of hydrogen-bond acceptors (Lipinski definition) is 5. The van der Waals surface area contributed by atoms with Gasteiger partial charge in [0.1, 0.15) is 5.75 Å². The molecule has 0 spiro atoms. The highest BCUT2D eigenvalue weighted by atomic mass is 35.5. The van der Waals surface area contributed by atoms with Crippen LogP contribution in [0.2, 0.25) is 5.02 Å². The molecule has 0 radical (unpaired) electrons. The average Bonchev–Trinajstić information content (AvgIpc) is 3.01. The Kier molecular flexibility index (Phi) is 5.41. The molecule has 0 fully saturated rings. The summed E-state index contributed by atoms with van der Waals surface area (Å²) in [6.07, 6.45) is -0.948. The minimum absolute atomic E-state index is 0.415. The van der Waals surface area contributed by atoms with Crippen LogP contribution in [0.3, 0.4) is 0 Å². The van der Waals surface area contributed by atoms with Crippen LogP contribution in [-0.2, 0) is 9.53 Å². The number of halogens is 1. The molecule has 0 bridgehead atoms. The molecular weight excluding hydrogens is 326 g/mol. The van der Waals surface area contributed by atoms with Gasteiger partial charge in [-0.15, -0.1) is 0 Å². The summed E-state index contributed by atoms with van der Waals surface area (Å²) < 4.78 is 10.3. The lowest BCUT2D eigenvalue weighted by Gasteiger charge is -2.15. The zero-order valence-corrected chi connectivity index (χ0v) is 13.5. The molecule has 0 saturated heterocycles. The highest BCUT2D eigenvalue weighted by Crippen LogP contribution is 2.27. The second kappa shape index (κ2) is 7.29. The second-order valence-electron chi connectivity index (χ2n) is 4.39. The van der Waals surface area contributed by atoms with Gasteiger partial charge in [-0.3, -0.25) is 4.79 Å². The molecule has 2 aromatic rings. The van der Waals surface area contributed by atoms with Crippen molar-refractivity contribution in [2.45, 2.75) is 13.0 Å². The Balaban J connectivity index is 2.02. The Labute approximate surface area is 136 Å². The minimum atomic E-state index is -0.948. The van der Waals surface area contributed by atoms with E-state index in [-0.39, 0.29) is 0 Å². The highest BCUT2D eigenvalue weighted by Gasteiger charge is 2.20. The van der Waals surface area contributed by atoms with E-state index < -0.39 is 18.0 Å². The molecular formula is C15H14ClNO4S. The van der Waals surface area contributed by atoms with E-state index in [0.717, 1.165) is 0 Å². The van der Waals surface area contributed by atoms with Crippen LogP contribution >= 0.6 is 22.9 Å². The molecule has 2 rings (SSSR count). The summed E-state index contributed by atoms with van der Waals surface area (Å²) in [4.78, 5) is 23.9. The quantitative estimate of drug-likeness (QED) is 0.845. The van der Waals surface area contributed by atoms with Crippen molar-refractivity contribution in [3.63, 3.8) is 0 Å². The largest absolute Gasteiger partial charge is 0.495 e. The molecule has 1 unspecified atom stereocenters. The van der Waals surface area contributed by atoms with Crippen molar-refractivity contribution in [2.75, 3.05) is 12.4 Å². The molecule has 5 nitrogen and oxygen atoms in total. The van der Waals surface area contributed by atoms with Gasteiger partial charge in [-0.1, -0.05) is 11.6 Å². The monoisotopic (exact) mass is 339 g/mol. The van der Waals surface area contributed by atoms with Crippen molar-refractivity contribution < 1.29 is 19.1 Å². The van der Waals surface area contributed by atoms with Crippen LogP contribution in [0, 0.1) is 0 Å². The maximum atomic E-state index is 12.1. The van der Waals surface area contributed by atoms with Gasteiger partial charge in [-0.25, -0.2) is 4.79 Å². The minimum Gasteiger partial charge on any atom is -0.495 e. The van der Waals surface area contributed by atoms with Crippen LogP contribution in [0.15, 0.2) is 35.0 Å². The Bertz CT molecular complexity index is 672. The molecule has 22 heavy (non-hydrogen) atoms. The van der Waals surface area contributed by atoms with E-state index in [1.54, 1.807) is 35.0 Å². The van der Waals surface area contributed by atoms with Gasteiger partial charge < -0.3 is 14.8 Å². The number of carbonyl (C=O) groups is 2. The van der Waals surface area contributed by atoms with Crippen LogP contribution in [0.1, 0.15) is 17.3 Å². The smallest absolute Gasteiger partial charge is 0.339 e. The number of amides is 1. The molecule has 1 aromatic carbocycles. The number of anilines is 1. The molecule has 0 saturated carbocycles. The molecule has 0 aliphatic rings. The number of benzene rings is 1. The third-order valence-electron chi connectivity index (χ3n) is 2.83. The van der Waals surface area contributed by atoms with Gasteiger partial charge in [0.15, 0.2) is 6.10 Å². The number of ether oxygens (including phenoxy) is 2. The molecule has 1 aromatic heterocycles. The summed E-state index contributed by atoms with van der Waals surface area (Å²) in [5.74, 6) is -0.541. The first-order chi connectivity index (χ1) is 10.5. The number of rotatable bonds is 5. The number of esters is 1. The fraction of sp³-hybridized carbons (Fsp3) is 0.200. The standard InChI is InChI=1S/C15H14ClNO4S/c1-9(21-15(19)10-5-6-22-8-10)14(18)17-12-7-11(16)3-4-13(12)20-2/h3-9H,1-2H3,(H,17,18). The molecule has 0 aliphatic carbocycles. The van der Waals surface area contributed by atoms with Crippen LogP contribution < -0.4 is 10.1 Å². The van der Waals surface area contributed by atoms with Crippen LogP contribution in [0.5, 0.6) is 5.75 Å². The number of carbonyl (C=O) groups excluding carboxylic acids is 2. The highest BCUT2D eigenvalue weighted by molar-refractivity contribution is 7.08. The van der Waals surface area contributed by atoms with Crippen molar-refractivity contribution >= 4 is 40.5 Å². The van der Waals surface area contributed by atoms with Crippen molar-refractivity contribution in [3.8, 4) is 5.75 Å². The van der Waals surface area contributed by atoms with Gasteiger partial charge in [0.2, 0.25) is 0 Å². The molecule has 0 aliphatic heterocycles. The van der Waals surface area contributed by atoms with Crippen molar-refractivity contribution in [3.05, 3.63) is 45.6 Å². The first-order valence-electron chi connectivity index (χ1n) is 6.39. The van der Waals surface area contributed by atoms with E-state index >= 15 is 0 Å². The Morgan fingerprint density at radius 1 is 1.32 bits per heavy atom. The Morgan fingerprint density at radius 2 is 2.09 bits per heavy atom. The fourth-order valence-electron chi connectivity index (χ4n) is 1.67. The van der Waals surface area contributed by atoms with E-state index in [0.29, 0.717) is 22.0 Å². The maximum absolute atomic E-state index is 12.1. The van der Waals surface area contributed by atoms with Crippen LogP contribution in [0.25, 0.3) is 0 Å². The second-order valence-corrected chi connectivity index (χ2v) is 5.61. The number of hydrogen-bond donors (Lipinski definition) is 1. The Hall–Kier alpha value is -2.05. The molecule has 1 atom stereocenters. The van der Waals surface area contributed by atoms with Gasteiger partial charge in [-0.2, -0.15) is 11.3 Å². The van der Waals surface area contributed by atoms with Gasteiger partial charge in [0, 0.05) is 10.4 Å². The van der Waals surface area contributed by atoms with E-state index in [1.165, 1.54) is 25.4 Å². The summed E-state index contributed by atoms with van der Waals surface area (Å²) in [6, 6.07) is 6.49. The lowest BCUT2D eigenvalue weighted by atomic mass is 10.2. The van der Waals surface area contributed by atoms with E-state index in [9.17, 15) is 9.59 Å². The van der Waals surface area contributed by atoms with Crippen LogP contribution in [-0.4, -0.2) is 25.1 Å². The third kappa shape index (κ3) is 3.99. The zero-order valence-electron chi connectivity index (χ0n) is 12.0. The van der Waals surface area contributed by atoms with Gasteiger partial charge in [-0.05, 0) is 36.6 Å². The average molecular weight is 340 g/mol. The fourth-order valence-corrected chi connectivity index (χ4v) is 2.47. The number of nitrogens with one attached hydrogen (secondary N) is 1. The normalized spacial score (nSPS) is 11.6. The summed E-state index contributed by atoms with van der Waals surface area (Å²) in [5.41, 5.74) is 0.836. The van der Waals surface area contributed by atoms with E-state index in [4.69, 9.17) is 21.1 Å². The summed E-state index contributed by atoms with van der Waals surface area (Å²) in [5, 5.41) is 6.51. The predicted octanol–water partition coefficient (Wildman–Crippen LogP) is 3.59. The van der Waals surface area contributed by atoms with E-state index in [1.807, 2.05) is 0 Å².